The minimum atomic E-state index is 0.427. The van der Waals surface area contributed by atoms with Crippen molar-refractivity contribution >= 4 is 46.6 Å². The molecular formula is C17H18Cl2N4S. The van der Waals surface area contributed by atoms with E-state index in [1.165, 1.54) is 24.6 Å². The van der Waals surface area contributed by atoms with E-state index in [0.717, 1.165) is 29.7 Å². The average molecular weight is 381 g/mol. The molecule has 1 saturated carbocycles. The van der Waals surface area contributed by atoms with Gasteiger partial charge in [0.05, 0.1) is 16.2 Å². The predicted molar refractivity (Wildman–Crippen MR) is 100 cm³/mol. The zero-order valence-electron chi connectivity index (χ0n) is 13.3. The largest absolute Gasteiger partial charge is 0.381 e. The lowest BCUT2D eigenvalue weighted by Crippen LogP contribution is -2.64. The van der Waals surface area contributed by atoms with Crippen molar-refractivity contribution in [2.24, 2.45) is 11.3 Å². The monoisotopic (exact) mass is 380 g/mol. The van der Waals surface area contributed by atoms with Crippen LogP contribution in [0.5, 0.6) is 0 Å². The summed E-state index contributed by atoms with van der Waals surface area (Å²) in [6.07, 6.45) is 4.47. The van der Waals surface area contributed by atoms with Gasteiger partial charge in [-0.2, -0.15) is 0 Å². The van der Waals surface area contributed by atoms with Crippen LogP contribution in [0.15, 0.2) is 34.3 Å². The van der Waals surface area contributed by atoms with E-state index in [4.69, 9.17) is 28.9 Å². The quantitative estimate of drug-likeness (QED) is 0.831. The second-order valence-electron chi connectivity index (χ2n) is 6.73. The number of anilines is 2. The molecule has 2 N–H and O–H groups in total. The number of nitrogen functional groups attached to an aromatic ring is 1. The first-order valence-electron chi connectivity index (χ1n) is 7.98. The van der Waals surface area contributed by atoms with Crippen LogP contribution in [0, 0.1) is 11.3 Å². The van der Waals surface area contributed by atoms with E-state index >= 15 is 0 Å². The molecule has 0 radical (unpaired) electrons. The highest BCUT2D eigenvalue weighted by Crippen LogP contribution is 2.53. The summed E-state index contributed by atoms with van der Waals surface area (Å²) < 4.78 is 0. The second-order valence-corrected chi connectivity index (χ2v) is 8.55. The van der Waals surface area contributed by atoms with Gasteiger partial charge in [0.1, 0.15) is 10.8 Å². The fraction of sp³-hybridized carbons (Fsp3) is 0.412. The summed E-state index contributed by atoms with van der Waals surface area (Å²) in [5.41, 5.74) is 6.63. The number of aromatic nitrogens is 2. The van der Waals surface area contributed by atoms with E-state index in [1.54, 1.807) is 12.3 Å². The molecule has 4 nitrogen and oxygen atoms in total. The van der Waals surface area contributed by atoms with Crippen LogP contribution >= 0.6 is 35.0 Å². The Morgan fingerprint density at radius 1 is 1.33 bits per heavy atom. The minimum Gasteiger partial charge on any atom is -0.381 e. The molecule has 1 unspecified atom stereocenters. The zero-order chi connectivity index (χ0) is 16.9. The van der Waals surface area contributed by atoms with Crippen LogP contribution in [-0.4, -0.2) is 23.1 Å². The Hall–Kier alpha value is -1.17. The molecule has 7 heteroatoms. The normalized spacial score (nSPS) is 21.5. The SMILES string of the molecule is CC1CCC12CN(c1cnc(Sc3cccc(Cl)c3Cl)c(N)n1)C2. The number of hydrogen-bond donors (Lipinski definition) is 1. The smallest absolute Gasteiger partial charge is 0.158 e. The van der Waals surface area contributed by atoms with E-state index in [-0.39, 0.29) is 0 Å². The van der Waals surface area contributed by atoms with Crippen LogP contribution in [0.4, 0.5) is 11.6 Å². The van der Waals surface area contributed by atoms with Gasteiger partial charge in [-0.05, 0) is 30.9 Å². The number of rotatable bonds is 3. The lowest BCUT2D eigenvalue weighted by molar-refractivity contribution is 0.0114. The molecule has 1 saturated heterocycles. The topological polar surface area (TPSA) is 55.0 Å². The highest BCUT2D eigenvalue weighted by Gasteiger charge is 2.52. The van der Waals surface area contributed by atoms with Crippen LogP contribution in [0.3, 0.4) is 0 Å². The molecule has 2 heterocycles. The van der Waals surface area contributed by atoms with Crippen molar-refractivity contribution < 1.29 is 0 Å². The zero-order valence-corrected chi connectivity index (χ0v) is 15.6. The maximum Gasteiger partial charge on any atom is 0.158 e. The Balaban J connectivity index is 1.50. The van der Waals surface area contributed by atoms with Gasteiger partial charge in [0.15, 0.2) is 5.82 Å². The molecule has 0 amide bonds. The molecule has 2 fully saturated rings. The summed E-state index contributed by atoms with van der Waals surface area (Å²) in [5, 5.41) is 1.68. The summed E-state index contributed by atoms with van der Waals surface area (Å²) in [6, 6.07) is 5.51. The number of nitrogens with two attached hydrogens (primary N) is 1. The van der Waals surface area contributed by atoms with Gasteiger partial charge in [0.2, 0.25) is 0 Å². The van der Waals surface area contributed by atoms with Crippen LogP contribution in [-0.2, 0) is 0 Å². The van der Waals surface area contributed by atoms with E-state index < -0.39 is 0 Å². The van der Waals surface area contributed by atoms with E-state index in [9.17, 15) is 0 Å². The van der Waals surface area contributed by atoms with E-state index in [2.05, 4.69) is 21.8 Å². The van der Waals surface area contributed by atoms with Crippen LogP contribution < -0.4 is 10.6 Å². The first-order chi connectivity index (χ1) is 11.5. The fourth-order valence-corrected chi connectivity index (χ4v) is 4.75. The molecule has 0 bridgehead atoms. The Bertz CT molecular complexity index is 792. The third kappa shape index (κ3) is 2.63. The molecule has 1 aliphatic heterocycles. The Labute approximate surface area is 155 Å². The van der Waals surface area contributed by atoms with Crippen molar-refractivity contribution in [1.82, 2.24) is 9.97 Å². The molecule has 2 aromatic rings. The lowest BCUT2D eigenvalue weighted by atomic mass is 9.56. The molecule has 1 aromatic carbocycles. The number of benzene rings is 1. The van der Waals surface area contributed by atoms with E-state index in [0.29, 0.717) is 26.3 Å². The van der Waals surface area contributed by atoms with Crippen molar-refractivity contribution in [2.45, 2.75) is 29.7 Å². The van der Waals surface area contributed by atoms with Crippen molar-refractivity contribution in [2.75, 3.05) is 23.7 Å². The van der Waals surface area contributed by atoms with Gasteiger partial charge in [0, 0.05) is 23.4 Å². The Kier molecular flexibility index (Phi) is 4.06. The van der Waals surface area contributed by atoms with Gasteiger partial charge in [-0.1, -0.05) is 48.0 Å². The van der Waals surface area contributed by atoms with Gasteiger partial charge in [-0.3, -0.25) is 0 Å². The van der Waals surface area contributed by atoms with E-state index in [1.807, 2.05) is 12.1 Å². The molecule has 1 aliphatic carbocycles. The Morgan fingerprint density at radius 3 is 2.75 bits per heavy atom. The number of halogens is 2. The maximum atomic E-state index is 6.23. The maximum absolute atomic E-state index is 6.23. The van der Waals surface area contributed by atoms with Crippen LogP contribution in [0.1, 0.15) is 19.8 Å². The van der Waals surface area contributed by atoms with Crippen LogP contribution in [0.2, 0.25) is 10.0 Å². The lowest BCUT2D eigenvalue weighted by Gasteiger charge is -2.60. The Morgan fingerprint density at radius 2 is 2.12 bits per heavy atom. The van der Waals surface area contributed by atoms with Gasteiger partial charge in [-0.15, -0.1) is 0 Å². The van der Waals surface area contributed by atoms with Gasteiger partial charge >= 0.3 is 0 Å². The molecule has 1 aromatic heterocycles. The van der Waals surface area contributed by atoms with Crippen molar-refractivity contribution in [3.05, 3.63) is 34.4 Å². The highest BCUT2D eigenvalue weighted by molar-refractivity contribution is 7.99. The van der Waals surface area contributed by atoms with Crippen molar-refractivity contribution in [1.29, 1.82) is 0 Å². The standard InChI is InChI=1S/C17H18Cl2N4S/c1-10-5-6-17(10)8-23(9-17)13-7-21-16(15(20)22-13)24-12-4-2-3-11(18)14(12)19/h2-4,7,10H,5-6,8-9H2,1H3,(H2,20,22). The molecule has 126 valence electrons. The van der Waals surface area contributed by atoms with Crippen LogP contribution in [0.25, 0.3) is 0 Å². The third-order valence-corrected chi connectivity index (χ3v) is 7.33. The minimum absolute atomic E-state index is 0.427. The molecular weight excluding hydrogens is 363 g/mol. The fourth-order valence-electron chi connectivity index (χ4n) is 3.47. The average Bonchev–Trinajstić information content (AvgIpc) is 2.51. The van der Waals surface area contributed by atoms with Crippen molar-refractivity contribution in [3.63, 3.8) is 0 Å². The number of hydrogen-bond acceptors (Lipinski definition) is 5. The number of nitrogens with zero attached hydrogens (tertiary/aromatic N) is 3. The molecule has 1 spiro atoms. The summed E-state index contributed by atoms with van der Waals surface area (Å²) in [7, 11) is 0. The highest BCUT2D eigenvalue weighted by atomic mass is 35.5. The van der Waals surface area contributed by atoms with Gasteiger partial charge < -0.3 is 10.6 Å². The summed E-state index contributed by atoms with van der Waals surface area (Å²) in [4.78, 5) is 12.1. The second kappa shape index (κ2) is 5.97. The van der Waals surface area contributed by atoms with Gasteiger partial charge in [0.25, 0.3) is 0 Å². The van der Waals surface area contributed by atoms with Crippen molar-refractivity contribution in [3.8, 4) is 0 Å². The summed E-state index contributed by atoms with van der Waals surface area (Å²) in [6.45, 7) is 4.47. The van der Waals surface area contributed by atoms with Gasteiger partial charge in [-0.25, -0.2) is 9.97 Å². The first-order valence-corrected chi connectivity index (χ1v) is 9.55. The predicted octanol–water partition coefficient (Wildman–Crippen LogP) is 4.75. The first kappa shape index (κ1) is 16.3. The molecule has 2 aliphatic rings. The molecule has 1 atom stereocenters. The molecule has 4 rings (SSSR count). The summed E-state index contributed by atoms with van der Waals surface area (Å²) in [5.74, 6) is 2.11. The molecule has 24 heavy (non-hydrogen) atoms. The third-order valence-electron chi connectivity index (χ3n) is 5.33. The summed E-state index contributed by atoms with van der Waals surface area (Å²) >= 11 is 13.7.